The van der Waals surface area contributed by atoms with Crippen LogP contribution in [0.4, 0.5) is 5.82 Å². The second kappa shape index (κ2) is 7.52. The number of amides is 1. The Hall–Kier alpha value is -1.46. The zero-order valence-electron chi connectivity index (χ0n) is 12.9. The molecule has 0 aromatic carbocycles. The first-order valence-electron chi connectivity index (χ1n) is 7.86. The minimum Gasteiger partial charge on any atom is -0.381 e. The number of nitrogens with two attached hydrogens (primary N) is 1. The largest absolute Gasteiger partial charge is 0.381 e. The molecule has 2 aliphatic rings. The molecule has 1 saturated heterocycles. The number of rotatable bonds is 4. The molecule has 21 heavy (non-hydrogen) atoms. The molecule has 1 aromatic rings. The van der Waals surface area contributed by atoms with Crippen LogP contribution in [0.2, 0.25) is 0 Å². The van der Waals surface area contributed by atoms with Gasteiger partial charge in [0, 0.05) is 25.0 Å². The predicted octanol–water partition coefficient (Wildman–Crippen LogP) is 2.42. The van der Waals surface area contributed by atoms with Crippen molar-refractivity contribution in [3.63, 3.8) is 0 Å². The normalized spacial score (nSPS) is 20.6. The number of pyridine rings is 1. The first-order chi connectivity index (χ1) is 10.3. The molecular formula is C16H25N3O2. The van der Waals surface area contributed by atoms with E-state index in [1.54, 1.807) is 0 Å². The Balaban J connectivity index is 0.000000774. The van der Waals surface area contributed by atoms with Crippen LogP contribution >= 0.6 is 0 Å². The Morgan fingerprint density at radius 2 is 2.14 bits per heavy atom. The number of aromatic nitrogens is 1. The Bertz CT molecular complexity index is 480. The zero-order chi connectivity index (χ0) is 15.2. The number of nitrogens with one attached hydrogen (secondary N) is 1. The third-order valence-electron chi connectivity index (χ3n) is 3.77. The van der Waals surface area contributed by atoms with Crippen molar-refractivity contribution in [2.24, 2.45) is 11.7 Å². The average molecular weight is 291 g/mol. The molecule has 1 aromatic heterocycles. The van der Waals surface area contributed by atoms with Crippen molar-refractivity contribution in [2.75, 3.05) is 18.5 Å². The SMILES string of the molecule is CC.NCc1nc(NC(=O)C2CC2)ccc1C1CCOC1. The number of hydrogen-bond donors (Lipinski definition) is 2. The van der Waals surface area contributed by atoms with Crippen LogP contribution in [0.1, 0.15) is 50.3 Å². The van der Waals surface area contributed by atoms with Gasteiger partial charge in [-0.05, 0) is 30.9 Å². The van der Waals surface area contributed by atoms with E-state index in [-0.39, 0.29) is 11.8 Å². The summed E-state index contributed by atoms with van der Waals surface area (Å²) in [5.41, 5.74) is 7.80. The highest BCUT2D eigenvalue weighted by molar-refractivity contribution is 5.93. The molecule has 0 bridgehead atoms. The Morgan fingerprint density at radius 3 is 2.71 bits per heavy atom. The van der Waals surface area contributed by atoms with Crippen LogP contribution < -0.4 is 11.1 Å². The van der Waals surface area contributed by atoms with Crippen LogP contribution in [0.3, 0.4) is 0 Å². The van der Waals surface area contributed by atoms with Crippen LogP contribution in [0.25, 0.3) is 0 Å². The molecule has 0 radical (unpaired) electrons. The Labute approximate surface area is 126 Å². The molecule has 1 aliphatic heterocycles. The molecule has 116 valence electrons. The standard InChI is InChI=1S/C14H19N3O2.C2H6/c15-7-12-11(10-5-6-19-8-10)3-4-13(16-12)17-14(18)9-1-2-9;1-2/h3-4,9-10H,1-2,5-8,15H2,(H,16,17,18);1-2H3. The molecule has 0 spiro atoms. The van der Waals surface area contributed by atoms with E-state index >= 15 is 0 Å². The monoisotopic (exact) mass is 291 g/mol. The van der Waals surface area contributed by atoms with Crippen LogP contribution in [-0.4, -0.2) is 24.1 Å². The fraction of sp³-hybridized carbons (Fsp3) is 0.625. The van der Waals surface area contributed by atoms with Crippen molar-refractivity contribution in [2.45, 2.75) is 45.6 Å². The van der Waals surface area contributed by atoms with Gasteiger partial charge in [0.1, 0.15) is 5.82 Å². The number of carbonyl (C=O) groups is 1. The van der Waals surface area contributed by atoms with Gasteiger partial charge in [0.2, 0.25) is 5.91 Å². The van der Waals surface area contributed by atoms with Crippen LogP contribution in [0.15, 0.2) is 12.1 Å². The second-order valence-corrected chi connectivity index (χ2v) is 5.26. The van der Waals surface area contributed by atoms with E-state index in [0.29, 0.717) is 18.3 Å². The van der Waals surface area contributed by atoms with E-state index in [2.05, 4.69) is 10.3 Å². The van der Waals surface area contributed by atoms with Crippen LogP contribution in [-0.2, 0) is 16.1 Å². The lowest BCUT2D eigenvalue weighted by Gasteiger charge is -2.14. The maximum absolute atomic E-state index is 11.7. The smallest absolute Gasteiger partial charge is 0.228 e. The minimum atomic E-state index is 0.0763. The molecule has 5 nitrogen and oxygen atoms in total. The van der Waals surface area contributed by atoms with Crippen LogP contribution in [0.5, 0.6) is 0 Å². The van der Waals surface area contributed by atoms with Gasteiger partial charge in [-0.1, -0.05) is 19.9 Å². The molecule has 1 unspecified atom stereocenters. The lowest BCUT2D eigenvalue weighted by Crippen LogP contribution is -2.16. The lowest BCUT2D eigenvalue weighted by atomic mass is 9.97. The van der Waals surface area contributed by atoms with Crippen molar-refractivity contribution in [3.8, 4) is 0 Å². The lowest BCUT2D eigenvalue weighted by molar-refractivity contribution is -0.117. The quantitative estimate of drug-likeness (QED) is 0.893. The molecule has 2 fully saturated rings. The number of anilines is 1. The van der Waals surface area contributed by atoms with Gasteiger partial charge in [0.15, 0.2) is 0 Å². The van der Waals surface area contributed by atoms with Gasteiger partial charge in [0.05, 0.1) is 12.3 Å². The molecular weight excluding hydrogens is 266 g/mol. The molecule has 2 heterocycles. The highest BCUT2D eigenvalue weighted by atomic mass is 16.5. The summed E-state index contributed by atoms with van der Waals surface area (Å²) in [5, 5.41) is 2.86. The zero-order valence-corrected chi connectivity index (χ0v) is 12.9. The molecule has 1 atom stereocenters. The molecule has 1 amide bonds. The van der Waals surface area contributed by atoms with E-state index in [0.717, 1.165) is 43.7 Å². The summed E-state index contributed by atoms with van der Waals surface area (Å²) < 4.78 is 5.41. The summed E-state index contributed by atoms with van der Waals surface area (Å²) >= 11 is 0. The second-order valence-electron chi connectivity index (χ2n) is 5.26. The fourth-order valence-corrected chi connectivity index (χ4v) is 2.47. The number of ether oxygens (including phenoxy) is 1. The van der Waals surface area contributed by atoms with E-state index < -0.39 is 0 Å². The van der Waals surface area contributed by atoms with Crippen molar-refractivity contribution in [3.05, 3.63) is 23.4 Å². The topological polar surface area (TPSA) is 77.2 Å². The third-order valence-corrected chi connectivity index (χ3v) is 3.77. The molecule has 1 saturated carbocycles. The average Bonchev–Trinajstić information content (AvgIpc) is 3.25. The maximum atomic E-state index is 11.7. The predicted molar refractivity (Wildman–Crippen MR) is 83.0 cm³/mol. The highest BCUT2D eigenvalue weighted by Crippen LogP contribution is 2.31. The van der Waals surface area contributed by atoms with Crippen LogP contribution in [0, 0.1) is 5.92 Å². The summed E-state index contributed by atoms with van der Waals surface area (Å²) in [4.78, 5) is 16.2. The first kappa shape index (κ1) is 15.9. The van der Waals surface area contributed by atoms with Crippen molar-refractivity contribution in [1.29, 1.82) is 0 Å². The van der Waals surface area contributed by atoms with Gasteiger partial charge in [0.25, 0.3) is 0 Å². The highest BCUT2D eigenvalue weighted by Gasteiger charge is 2.30. The van der Waals surface area contributed by atoms with Crippen molar-refractivity contribution in [1.82, 2.24) is 4.98 Å². The summed E-state index contributed by atoms with van der Waals surface area (Å²) in [5.74, 6) is 1.26. The number of carbonyl (C=O) groups excluding carboxylic acids is 1. The van der Waals surface area contributed by atoms with Crippen molar-refractivity contribution < 1.29 is 9.53 Å². The summed E-state index contributed by atoms with van der Waals surface area (Å²) in [6, 6.07) is 3.89. The number of nitrogens with zero attached hydrogens (tertiary/aromatic N) is 1. The fourth-order valence-electron chi connectivity index (χ4n) is 2.47. The summed E-state index contributed by atoms with van der Waals surface area (Å²) in [7, 11) is 0. The Kier molecular flexibility index (Phi) is 5.70. The van der Waals surface area contributed by atoms with Gasteiger partial charge >= 0.3 is 0 Å². The summed E-state index contributed by atoms with van der Waals surface area (Å²) in [6.07, 6.45) is 3.00. The van der Waals surface area contributed by atoms with Gasteiger partial charge in [-0.25, -0.2) is 4.98 Å². The number of hydrogen-bond acceptors (Lipinski definition) is 4. The van der Waals surface area contributed by atoms with Crippen molar-refractivity contribution >= 4 is 11.7 Å². The van der Waals surface area contributed by atoms with E-state index in [9.17, 15) is 4.79 Å². The molecule has 5 heteroatoms. The molecule has 1 aliphatic carbocycles. The summed E-state index contributed by atoms with van der Waals surface area (Å²) in [6.45, 7) is 5.93. The minimum absolute atomic E-state index is 0.0763. The first-order valence-corrected chi connectivity index (χ1v) is 7.86. The molecule has 3 rings (SSSR count). The third kappa shape index (κ3) is 4.02. The Morgan fingerprint density at radius 1 is 1.38 bits per heavy atom. The maximum Gasteiger partial charge on any atom is 0.228 e. The van der Waals surface area contributed by atoms with Gasteiger partial charge in [-0.3, -0.25) is 4.79 Å². The molecule has 3 N–H and O–H groups in total. The van der Waals surface area contributed by atoms with E-state index in [4.69, 9.17) is 10.5 Å². The van der Waals surface area contributed by atoms with Gasteiger partial charge in [-0.15, -0.1) is 0 Å². The van der Waals surface area contributed by atoms with Gasteiger partial charge < -0.3 is 15.8 Å². The van der Waals surface area contributed by atoms with E-state index in [1.807, 2.05) is 26.0 Å². The van der Waals surface area contributed by atoms with Gasteiger partial charge in [-0.2, -0.15) is 0 Å². The van der Waals surface area contributed by atoms with E-state index in [1.165, 1.54) is 0 Å².